The predicted molar refractivity (Wildman–Crippen MR) is 93.4 cm³/mol. The Bertz CT molecular complexity index is 821. The number of nitriles is 1. The number of ether oxygens (including phenoxy) is 1. The number of carbonyl (C=O) groups excluding carboxylic acids is 2. The number of nitrogens with one attached hydrogen (secondary N) is 2. The van der Waals surface area contributed by atoms with Crippen LogP contribution in [0.1, 0.15) is 21.5 Å². The average molecular weight is 335 g/mol. The molecule has 2 N–H and O–H groups in total. The van der Waals surface area contributed by atoms with E-state index >= 15 is 0 Å². The summed E-state index contributed by atoms with van der Waals surface area (Å²) in [5.41, 5.74) is 6.80. The number of hydrogen-bond donors (Lipinski definition) is 2. The molecule has 0 heterocycles. The summed E-state index contributed by atoms with van der Waals surface area (Å²) in [6, 6.07) is 15.9. The van der Waals surface area contributed by atoms with Gasteiger partial charge in [-0.1, -0.05) is 30.3 Å². The SMILES string of the molecule is Cc1ccccc1C(=O)NNC(=O)C=Cc1ccc(OCC#N)cc1. The van der Waals surface area contributed by atoms with Crippen molar-refractivity contribution in [2.45, 2.75) is 6.92 Å². The summed E-state index contributed by atoms with van der Waals surface area (Å²) in [5.74, 6) is -0.251. The zero-order valence-electron chi connectivity index (χ0n) is 13.7. The highest BCUT2D eigenvalue weighted by atomic mass is 16.5. The first-order valence-electron chi connectivity index (χ1n) is 7.54. The summed E-state index contributed by atoms with van der Waals surface area (Å²) in [5, 5.41) is 8.44. The lowest BCUT2D eigenvalue weighted by molar-refractivity contribution is -0.117. The van der Waals surface area contributed by atoms with E-state index in [-0.39, 0.29) is 12.5 Å². The fourth-order valence-electron chi connectivity index (χ4n) is 2.02. The number of rotatable bonds is 5. The van der Waals surface area contributed by atoms with Gasteiger partial charge in [0.05, 0.1) is 0 Å². The third-order valence-electron chi connectivity index (χ3n) is 3.30. The number of aryl methyl sites for hydroxylation is 1. The largest absolute Gasteiger partial charge is 0.479 e. The summed E-state index contributed by atoms with van der Waals surface area (Å²) in [4.78, 5) is 23.8. The van der Waals surface area contributed by atoms with E-state index < -0.39 is 5.91 Å². The van der Waals surface area contributed by atoms with Gasteiger partial charge in [0.25, 0.3) is 11.8 Å². The first kappa shape index (κ1) is 17.8. The Labute approximate surface area is 145 Å². The molecule has 0 radical (unpaired) electrons. The molecule has 0 unspecified atom stereocenters. The maximum Gasteiger partial charge on any atom is 0.269 e. The van der Waals surface area contributed by atoms with Gasteiger partial charge in [0.15, 0.2) is 6.61 Å². The molecule has 0 fully saturated rings. The van der Waals surface area contributed by atoms with Crippen LogP contribution in [0.3, 0.4) is 0 Å². The van der Waals surface area contributed by atoms with Crippen LogP contribution in [0.2, 0.25) is 0 Å². The van der Waals surface area contributed by atoms with Gasteiger partial charge in [0.1, 0.15) is 11.8 Å². The molecular weight excluding hydrogens is 318 g/mol. The van der Waals surface area contributed by atoms with Crippen LogP contribution in [0.5, 0.6) is 5.75 Å². The molecule has 0 aliphatic heterocycles. The van der Waals surface area contributed by atoms with Crippen LogP contribution < -0.4 is 15.6 Å². The van der Waals surface area contributed by atoms with E-state index in [9.17, 15) is 9.59 Å². The topological polar surface area (TPSA) is 91.2 Å². The molecule has 0 saturated heterocycles. The highest BCUT2D eigenvalue weighted by molar-refractivity contribution is 5.98. The lowest BCUT2D eigenvalue weighted by Gasteiger charge is -2.07. The average Bonchev–Trinajstić information content (AvgIpc) is 2.64. The van der Waals surface area contributed by atoms with Crippen LogP contribution in [0.25, 0.3) is 6.08 Å². The van der Waals surface area contributed by atoms with Crippen LogP contribution >= 0.6 is 0 Å². The third-order valence-corrected chi connectivity index (χ3v) is 3.30. The lowest BCUT2D eigenvalue weighted by Crippen LogP contribution is -2.41. The molecule has 6 heteroatoms. The van der Waals surface area contributed by atoms with Crippen LogP contribution in [0, 0.1) is 18.3 Å². The second-order valence-electron chi connectivity index (χ2n) is 5.11. The molecule has 0 bridgehead atoms. The van der Waals surface area contributed by atoms with E-state index in [1.165, 1.54) is 6.08 Å². The molecule has 2 amide bonds. The predicted octanol–water partition coefficient (Wildman–Crippen LogP) is 2.37. The van der Waals surface area contributed by atoms with Crippen molar-refractivity contribution < 1.29 is 14.3 Å². The molecule has 0 saturated carbocycles. The smallest absolute Gasteiger partial charge is 0.269 e. The lowest BCUT2D eigenvalue weighted by atomic mass is 10.1. The zero-order chi connectivity index (χ0) is 18.1. The van der Waals surface area contributed by atoms with Gasteiger partial charge in [-0.05, 0) is 42.3 Å². The number of hydrogen-bond acceptors (Lipinski definition) is 4. The number of hydrazine groups is 1. The molecule has 2 rings (SSSR count). The second kappa shape index (κ2) is 8.89. The third kappa shape index (κ3) is 5.52. The summed E-state index contributed by atoms with van der Waals surface area (Å²) in [6.07, 6.45) is 2.91. The van der Waals surface area contributed by atoms with Crippen molar-refractivity contribution in [2.75, 3.05) is 6.61 Å². The first-order chi connectivity index (χ1) is 12.1. The van der Waals surface area contributed by atoms with E-state index in [2.05, 4.69) is 10.9 Å². The van der Waals surface area contributed by atoms with E-state index in [1.807, 2.05) is 25.1 Å². The minimum atomic E-state index is -0.452. The van der Waals surface area contributed by atoms with E-state index in [0.717, 1.165) is 11.1 Å². The quantitative estimate of drug-likeness (QED) is 0.648. The molecular formula is C19H17N3O3. The Morgan fingerprint density at radius 3 is 2.52 bits per heavy atom. The van der Waals surface area contributed by atoms with Crippen molar-refractivity contribution in [1.29, 1.82) is 5.26 Å². The van der Waals surface area contributed by atoms with Gasteiger partial charge in [-0.2, -0.15) is 5.26 Å². The molecule has 0 aliphatic carbocycles. The Balaban J connectivity index is 1.85. The number of nitrogens with zero attached hydrogens (tertiary/aromatic N) is 1. The van der Waals surface area contributed by atoms with Crippen molar-refractivity contribution >= 4 is 17.9 Å². The Morgan fingerprint density at radius 1 is 1.12 bits per heavy atom. The molecule has 2 aromatic carbocycles. The number of amides is 2. The van der Waals surface area contributed by atoms with Crippen molar-refractivity contribution in [2.24, 2.45) is 0 Å². The van der Waals surface area contributed by atoms with E-state index in [1.54, 1.807) is 42.5 Å². The Kier molecular flexibility index (Phi) is 6.32. The first-order valence-corrected chi connectivity index (χ1v) is 7.54. The van der Waals surface area contributed by atoms with Crippen LogP contribution in [-0.2, 0) is 4.79 Å². The minimum absolute atomic E-state index is 0.0157. The number of benzene rings is 2. The highest BCUT2D eigenvalue weighted by Crippen LogP contribution is 2.13. The van der Waals surface area contributed by atoms with Crippen LogP contribution in [0.15, 0.2) is 54.6 Å². The molecule has 0 aliphatic rings. The van der Waals surface area contributed by atoms with Gasteiger partial charge >= 0.3 is 0 Å². The van der Waals surface area contributed by atoms with E-state index in [4.69, 9.17) is 10.00 Å². The van der Waals surface area contributed by atoms with Gasteiger partial charge in [0.2, 0.25) is 0 Å². The highest BCUT2D eigenvalue weighted by Gasteiger charge is 2.08. The standard InChI is InChI=1S/C19H17N3O3/c1-14-4-2-3-5-17(14)19(24)22-21-18(23)11-8-15-6-9-16(10-7-15)25-13-12-20/h2-11H,13H2,1H3,(H,21,23)(H,22,24). The van der Waals surface area contributed by atoms with Crippen LogP contribution in [0.4, 0.5) is 0 Å². The maximum atomic E-state index is 12.0. The van der Waals surface area contributed by atoms with Gasteiger partial charge in [-0.25, -0.2) is 0 Å². The van der Waals surface area contributed by atoms with Gasteiger partial charge in [-0.3, -0.25) is 20.4 Å². The van der Waals surface area contributed by atoms with Crippen molar-refractivity contribution in [3.8, 4) is 11.8 Å². The zero-order valence-corrected chi connectivity index (χ0v) is 13.7. The van der Waals surface area contributed by atoms with Crippen molar-refractivity contribution in [3.63, 3.8) is 0 Å². The van der Waals surface area contributed by atoms with Crippen molar-refractivity contribution in [3.05, 3.63) is 71.3 Å². The molecule has 25 heavy (non-hydrogen) atoms. The number of carbonyl (C=O) groups is 2. The van der Waals surface area contributed by atoms with E-state index in [0.29, 0.717) is 11.3 Å². The summed E-state index contributed by atoms with van der Waals surface area (Å²) >= 11 is 0. The normalized spacial score (nSPS) is 10.1. The minimum Gasteiger partial charge on any atom is -0.479 e. The Morgan fingerprint density at radius 2 is 1.84 bits per heavy atom. The van der Waals surface area contributed by atoms with Crippen LogP contribution in [-0.4, -0.2) is 18.4 Å². The summed E-state index contributed by atoms with van der Waals surface area (Å²) in [7, 11) is 0. The Hall–Kier alpha value is -3.59. The molecule has 0 atom stereocenters. The van der Waals surface area contributed by atoms with Gasteiger partial charge in [0, 0.05) is 11.6 Å². The summed E-state index contributed by atoms with van der Waals surface area (Å²) in [6.45, 7) is 1.80. The molecule has 0 spiro atoms. The van der Waals surface area contributed by atoms with Gasteiger partial charge in [-0.15, -0.1) is 0 Å². The molecule has 126 valence electrons. The maximum absolute atomic E-state index is 12.0. The molecule has 2 aromatic rings. The fraction of sp³-hybridized carbons (Fsp3) is 0.105. The van der Waals surface area contributed by atoms with Crippen molar-refractivity contribution in [1.82, 2.24) is 10.9 Å². The molecule has 6 nitrogen and oxygen atoms in total. The monoisotopic (exact) mass is 335 g/mol. The summed E-state index contributed by atoms with van der Waals surface area (Å²) < 4.78 is 5.14. The van der Waals surface area contributed by atoms with Gasteiger partial charge < -0.3 is 4.74 Å². The fourth-order valence-corrected chi connectivity index (χ4v) is 2.02. The second-order valence-corrected chi connectivity index (χ2v) is 5.11. The molecule has 0 aromatic heterocycles.